The number of aliphatic carboxylic acids is 1. The lowest BCUT2D eigenvalue weighted by atomic mass is 9.92. The van der Waals surface area contributed by atoms with Crippen LogP contribution in [-0.2, 0) is 17.8 Å². The fraction of sp³-hybridized carbons (Fsp3) is 0.185. The molecule has 0 saturated carbocycles. The van der Waals surface area contributed by atoms with Crippen LogP contribution in [0.3, 0.4) is 0 Å². The molecule has 31 heavy (non-hydrogen) atoms. The first-order valence-electron chi connectivity index (χ1n) is 10.3. The SMILES string of the molecule is Cc1ccc(CNC(=O)c2cc(/C=C/C(=O)O)cc(CC(C)c3ccccc3)c2)cc1. The molecule has 0 aliphatic carbocycles. The van der Waals surface area contributed by atoms with Crippen molar-refractivity contribution in [3.8, 4) is 0 Å². The third kappa shape index (κ3) is 6.68. The van der Waals surface area contributed by atoms with Crippen molar-refractivity contribution in [2.45, 2.75) is 32.7 Å². The third-order valence-corrected chi connectivity index (χ3v) is 5.18. The standard InChI is InChI=1S/C27H27NO3/c1-19-8-10-21(11-9-19)18-28-27(31)25-16-22(12-13-26(29)30)15-23(17-25)14-20(2)24-6-4-3-5-7-24/h3-13,15-17,20H,14,18H2,1-2H3,(H,28,31)(H,29,30)/b13-12+. The lowest BCUT2D eigenvalue weighted by Crippen LogP contribution is -2.23. The number of carbonyl (C=O) groups is 2. The molecule has 4 heteroatoms. The minimum absolute atomic E-state index is 0.181. The van der Waals surface area contributed by atoms with Gasteiger partial charge in [-0.1, -0.05) is 73.2 Å². The van der Waals surface area contributed by atoms with Crippen molar-refractivity contribution in [1.82, 2.24) is 5.32 Å². The molecule has 3 aromatic carbocycles. The molecule has 0 saturated heterocycles. The highest BCUT2D eigenvalue weighted by Gasteiger charge is 2.12. The van der Waals surface area contributed by atoms with Gasteiger partial charge in [0.2, 0.25) is 0 Å². The fourth-order valence-corrected chi connectivity index (χ4v) is 3.47. The topological polar surface area (TPSA) is 66.4 Å². The maximum atomic E-state index is 12.8. The molecule has 2 N–H and O–H groups in total. The lowest BCUT2D eigenvalue weighted by molar-refractivity contribution is -0.131. The normalized spacial score (nSPS) is 11.9. The fourth-order valence-electron chi connectivity index (χ4n) is 3.47. The maximum absolute atomic E-state index is 12.8. The molecule has 0 bridgehead atoms. The molecule has 0 fully saturated rings. The Morgan fingerprint density at radius 1 is 0.968 bits per heavy atom. The van der Waals surface area contributed by atoms with Crippen molar-refractivity contribution >= 4 is 18.0 Å². The van der Waals surface area contributed by atoms with Gasteiger partial charge in [0.1, 0.15) is 0 Å². The Morgan fingerprint density at radius 2 is 1.68 bits per heavy atom. The van der Waals surface area contributed by atoms with E-state index in [2.05, 4.69) is 24.4 Å². The van der Waals surface area contributed by atoms with E-state index < -0.39 is 5.97 Å². The second-order valence-corrected chi connectivity index (χ2v) is 7.82. The minimum Gasteiger partial charge on any atom is -0.478 e. The van der Waals surface area contributed by atoms with Gasteiger partial charge in [0, 0.05) is 18.2 Å². The van der Waals surface area contributed by atoms with Gasteiger partial charge in [0.25, 0.3) is 5.91 Å². The molecule has 1 amide bonds. The van der Waals surface area contributed by atoms with Gasteiger partial charge in [0.05, 0.1) is 0 Å². The predicted molar refractivity (Wildman–Crippen MR) is 124 cm³/mol. The van der Waals surface area contributed by atoms with Crippen LogP contribution in [-0.4, -0.2) is 17.0 Å². The number of amides is 1. The summed E-state index contributed by atoms with van der Waals surface area (Å²) in [6.07, 6.45) is 3.36. The van der Waals surface area contributed by atoms with Crippen LogP contribution in [0.25, 0.3) is 6.08 Å². The Labute approximate surface area is 183 Å². The zero-order valence-corrected chi connectivity index (χ0v) is 17.8. The number of aryl methyl sites for hydroxylation is 1. The van der Waals surface area contributed by atoms with Gasteiger partial charge in [0.15, 0.2) is 0 Å². The summed E-state index contributed by atoms with van der Waals surface area (Å²) < 4.78 is 0. The van der Waals surface area contributed by atoms with Crippen LogP contribution in [0.5, 0.6) is 0 Å². The first-order chi connectivity index (χ1) is 14.9. The Hall–Kier alpha value is -3.66. The minimum atomic E-state index is -1.02. The van der Waals surface area contributed by atoms with Gasteiger partial charge < -0.3 is 10.4 Å². The summed E-state index contributed by atoms with van der Waals surface area (Å²) in [5.41, 5.74) is 5.63. The third-order valence-electron chi connectivity index (χ3n) is 5.18. The Kier molecular flexibility index (Phi) is 7.39. The highest BCUT2D eigenvalue weighted by molar-refractivity contribution is 5.95. The first kappa shape index (κ1) is 22.0. The van der Waals surface area contributed by atoms with Crippen LogP contribution in [0.2, 0.25) is 0 Å². The van der Waals surface area contributed by atoms with Crippen LogP contribution >= 0.6 is 0 Å². The number of hydrogen-bond donors (Lipinski definition) is 2. The van der Waals surface area contributed by atoms with E-state index in [1.54, 1.807) is 6.07 Å². The molecule has 0 radical (unpaired) electrons. The smallest absolute Gasteiger partial charge is 0.328 e. The van der Waals surface area contributed by atoms with E-state index in [-0.39, 0.29) is 11.8 Å². The Balaban J connectivity index is 1.81. The quantitative estimate of drug-likeness (QED) is 0.488. The number of nitrogens with one attached hydrogen (secondary N) is 1. The van der Waals surface area contributed by atoms with Crippen molar-refractivity contribution in [3.63, 3.8) is 0 Å². The molecule has 1 atom stereocenters. The number of carboxylic acid groups (broad SMARTS) is 1. The molecule has 0 aliphatic rings. The van der Waals surface area contributed by atoms with Crippen molar-refractivity contribution in [2.75, 3.05) is 0 Å². The van der Waals surface area contributed by atoms with Crippen molar-refractivity contribution < 1.29 is 14.7 Å². The molecule has 0 heterocycles. The van der Waals surface area contributed by atoms with Gasteiger partial charge >= 0.3 is 5.97 Å². The molecule has 0 spiro atoms. The maximum Gasteiger partial charge on any atom is 0.328 e. The number of carboxylic acids is 1. The van der Waals surface area contributed by atoms with E-state index in [1.165, 1.54) is 17.2 Å². The summed E-state index contributed by atoms with van der Waals surface area (Å²) >= 11 is 0. The molecule has 3 aromatic rings. The number of hydrogen-bond acceptors (Lipinski definition) is 2. The summed E-state index contributed by atoms with van der Waals surface area (Å²) in [6, 6.07) is 23.8. The van der Waals surface area contributed by atoms with Crippen LogP contribution in [0, 0.1) is 6.92 Å². The zero-order valence-electron chi connectivity index (χ0n) is 17.8. The van der Waals surface area contributed by atoms with E-state index in [4.69, 9.17) is 5.11 Å². The average molecular weight is 414 g/mol. The summed E-state index contributed by atoms with van der Waals surface area (Å²) in [6.45, 7) is 4.60. The monoisotopic (exact) mass is 413 g/mol. The Morgan fingerprint density at radius 3 is 2.35 bits per heavy atom. The molecule has 0 aliphatic heterocycles. The summed E-state index contributed by atoms with van der Waals surface area (Å²) in [7, 11) is 0. The number of carbonyl (C=O) groups excluding carboxylic acids is 1. The largest absolute Gasteiger partial charge is 0.478 e. The van der Waals surface area contributed by atoms with E-state index >= 15 is 0 Å². The van der Waals surface area contributed by atoms with Crippen LogP contribution in [0.1, 0.15) is 51.0 Å². The van der Waals surface area contributed by atoms with Crippen molar-refractivity contribution in [1.29, 1.82) is 0 Å². The first-order valence-corrected chi connectivity index (χ1v) is 10.3. The van der Waals surface area contributed by atoms with E-state index in [0.29, 0.717) is 17.7 Å². The Bertz CT molecular complexity index is 1070. The summed E-state index contributed by atoms with van der Waals surface area (Å²) in [5.74, 6) is -0.934. The van der Waals surface area contributed by atoms with Gasteiger partial charge in [-0.15, -0.1) is 0 Å². The van der Waals surface area contributed by atoms with Crippen molar-refractivity contribution in [2.24, 2.45) is 0 Å². The second-order valence-electron chi connectivity index (χ2n) is 7.82. The highest BCUT2D eigenvalue weighted by Crippen LogP contribution is 2.22. The summed E-state index contributed by atoms with van der Waals surface area (Å²) in [5, 5.41) is 11.9. The molecular formula is C27H27NO3. The molecular weight excluding hydrogens is 386 g/mol. The molecule has 3 rings (SSSR count). The second kappa shape index (κ2) is 10.4. The van der Waals surface area contributed by atoms with Crippen LogP contribution in [0.4, 0.5) is 0 Å². The molecule has 1 unspecified atom stereocenters. The zero-order chi connectivity index (χ0) is 22.2. The predicted octanol–water partition coefficient (Wildman–Crippen LogP) is 5.37. The van der Waals surface area contributed by atoms with Gasteiger partial charge in [-0.2, -0.15) is 0 Å². The van der Waals surface area contributed by atoms with Crippen LogP contribution < -0.4 is 5.32 Å². The molecule has 4 nitrogen and oxygen atoms in total. The van der Waals surface area contributed by atoms with Crippen molar-refractivity contribution in [3.05, 3.63) is 112 Å². The average Bonchev–Trinajstić information content (AvgIpc) is 2.77. The number of benzene rings is 3. The highest BCUT2D eigenvalue weighted by atomic mass is 16.4. The lowest BCUT2D eigenvalue weighted by Gasteiger charge is -2.14. The van der Waals surface area contributed by atoms with Gasteiger partial charge in [-0.25, -0.2) is 4.79 Å². The molecule has 158 valence electrons. The van der Waals surface area contributed by atoms with Gasteiger partial charge in [-0.05, 0) is 59.7 Å². The van der Waals surface area contributed by atoms with E-state index in [9.17, 15) is 9.59 Å². The molecule has 0 aromatic heterocycles. The van der Waals surface area contributed by atoms with Gasteiger partial charge in [-0.3, -0.25) is 4.79 Å². The number of rotatable bonds is 8. The van der Waals surface area contributed by atoms with E-state index in [0.717, 1.165) is 23.6 Å². The van der Waals surface area contributed by atoms with Crippen LogP contribution in [0.15, 0.2) is 78.9 Å². The summed E-state index contributed by atoms with van der Waals surface area (Å²) in [4.78, 5) is 23.8. The van der Waals surface area contributed by atoms with E-state index in [1.807, 2.05) is 61.5 Å².